The maximum Gasteiger partial charge on any atom is 0.332 e. The molecule has 14 heteroatoms. The standard InChI is InChI=1S/C20H24N6O7S/c1-12-6-7-13(34(31,32)23(2)3)8-14(12)22-15(27)10-33-16(28)9-26-11-21-18-17(26)19(29)25(5)20(30)24(18)4/h6-8,11H,9-10H2,1-5H3,(H,22,27). The number of anilines is 1. The first-order chi connectivity index (χ1) is 15.8. The molecule has 3 aromatic rings. The lowest BCUT2D eigenvalue weighted by Gasteiger charge is -2.14. The van der Waals surface area contributed by atoms with Crippen LogP contribution in [-0.4, -0.2) is 64.0 Å². The van der Waals surface area contributed by atoms with Crippen molar-refractivity contribution in [1.82, 2.24) is 23.0 Å². The van der Waals surface area contributed by atoms with Gasteiger partial charge in [-0.3, -0.25) is 23.5 Å². The Hall–Kier alpha value is -3.78. The number of hydrogen-bond acceptors (Lipinski definition) is 8. The molecule has 1 aromatic carbocycles. The smallest absolute Gasteiger partial charge is 0.332 e. The zero-order valence-electron chi connectivity index (χ0n) is 19.2. The zero-order chi connectivity index (χ0) is 25.4. The summed E-state index contributed by atoms with van der Waals surface area (Å²) in [5.41, 5.74) is -0.149. The third kappa shape index (κ3) is 4.63. The molecule has 2 heterocycles. The molecule has 0 unspecified atom stereocenters. The number of hydrogen-bond donors (Lipinski definition) is 1. The molecule has 2 aromatic heterocycles. The maximum absolute atomic E-state index is 12.4. The Morgan fingerprint density at radius 3 is 2.47 bits per heavy atom. The molecule has 34 heavy (non-hydrogen) atoms. The topological polar surface area (TPSA) is 155 Å². The number of nitrogens with zero attached hydrogens (tertiary/aromatic N) is 5. The van der Waals surface area contributed by atoms with Crippen molar-refractivity contribution in [3.05, 3.63) is 50.9 Å². The number of carbonyl (C=O) groups is 2. The van der Waals surface area contributed by atoms with Crippen molar-refractivity contribution in [2.75, 3.05) is 26.0 Å². The molecular formula is C20H24N6O7S. The van der Waals surface area contributed by atoms with Crippen molar-refractivity contribution in [3.63, 3.8) is 0 Å². The molecule has 0 radical (unpaired) electrons. The zero-order valence-corrected chi connectivity index (χ0v) is 20.0. The highest BCUT2D eigenvalue weighted by Crippen LogP contribution is 2.22. The summed E-state index contributed by atoms with van der Waals surface area (Å²) in [4.78, 5) is 53.0. The minimum Gasteiger partial charge on any atom is -0.454 e. The van der Waals surface area contributed by atoms with Crippen LogP contribution in [0.15, 0.2) is 39.0 Å². The van der Waals surface area contributed by atoms with E-state index in [0.29, 0.717) is 5.56 Å². The number of carbonyl (C=O) groups excluding carboxylic acids is 2. The van der Waals surface area contributed by atoms with Crippen molar-refractivity contribution >= 4 is 38.8 Å². The van der Waals surface area contributed by atoms with E-state index in [0.717, 1.165) is 8.87 Å². The van der Waals surface area contributed by atoms with Crippen molar-refractivity contribution in [2.24, 2.45) is 14.1 Å². The fraction of sp³-hybridized carbons (Fsp3) is 0.350. The number of imidazole rings is 1. The molecule has 3 rings (SSSR count). The van der Waals surface area contributed by atoms with E-state index in [-0.39, 0.29) is 21.7 Å². The first-order valence-electron chi connectivity index (χ1n) is 9.94. The number of benzene rings is 1. The summed E-state index contributed by atoms with van der Waals surface area (Å²) in [7, 11) is 1.85. The Balaban J connectivity index is 1.70. The second-order valence-electron chi connectivity index (χ2n) is 7.72. The van der Waals surface area contributed by atoms with Crippen LogP contribution in [0.25, 0.3) is 11.2 Å². The van der Waals surface area contributed by atoms with Gasteiger partial charge >= 0.3 is 11.7 Å². The Bertz CT molecular complexity index is 1510. The Labute approximate surface area is 194 Å². The molecule has 0 aliphatic rings. The fourth-order valence-electron chi connectivity index (χ4n) is 3.14. The molecule has 1 amide bonds. The van der Waals surface area contributed by atoms with Crippen LogP contribution < -0.4 is 16.6 Å². The Kier molecular flexibility index (Phi) is 6.74. The summed E-state index contributed by atoms with van der Waals surface area (Å²) in [5, 5.41) is 2.53. The van der Waals surface area contributed by atoms with Gasteiger partial charge in [0, 0.05) is 33.9 Å². The van der Waals surface area contributed by atoms with E-state index in [2.05, 4.69) is 10.3 Å². The van der Waals surface area contributed by atoms with Crippen LogP contribution in [0.3, 0.4) is 0 Å². The van der Waals surface area contributed by atoms with Gasteiger partial charge in [0.1, 0.15) is 6.54 Å². The van der Waals surface area contributed by atoms with Crippen molar-refractivity contribution in [3.8, 4) is 0 Å². The molecule has 0 bridgehead atoms. The number of amides is 1. The van der Waals surface area contributed by atoms with E-state index in [9.17, 15) is 27.6 Å². The van der Waals surface area contributed by atoms with Crippen LogP contribution in [0.1, 0.15) is 5.56 Å². The lowest BCUT2D eigenvalue weighted by Crippen LogP contribution is -2.37. The van der Waals surface area contributed by atoms with Gasteiger partial charge in [0.25, 0.3) is 11.5 Å². The maximum atomic E-state index is 12.4. The lowest BCUT2D eigenvalue weighted by atomic mass is 10.2. The minimum atomic E-state index is -3.70. The van der Waals surface area contributed by atoms with E-state index >= 15 is 0 Å². The predicted octanol–water partition coefficient (Wildman–Crippen LogP) is -0.826. The van der Waals surface area contributed by atoms with Gasteiger partial charge in [0.2, 0.25) is 10.0 Å². The van der Waals surface area contributed by atoms with E-state index in [4.69, 9.17) is 4.74 Å². The number of nitrogens with one attached hydrogen (secondary N) is 1. The Morgan fingerprint density at radius 2 is 1.82 bits per heavy atom. The highest BCUT2D eigenvalue weighted by Gasteiger charge is 2.20. The lowest BCUT2D eigenvalue weighted by molar-refractivity contribution is -0.147. The van der Waals surface area contributed by atoms with Crippen molar-refractivity contribution < 1.29 is 22.7 Å². The molecule has 1 N–H and O–H groups in total. The van der Waals surface area contributed by atoms with Gasteiger partial charge in [0.05, 0.1) is 11.2 Å². The third-order valence-electron chi connectivity index (χ3n) is 5.14. The predicted molar refractivity (Wildman–Crippen MR) is 122 cm³/mol. The Morgan fingerprint density at radius 1 is 1.15 bits per heavy atom. The molecule has 0 fully saturated rings. The monoisotopic (exact) mass is 492 g/mol. The molecule has 0 atom stereocenters. The van der Waals surface area contributed by atoms with Crippen molar-refractivity contribution in [1.29, 1.82) is 0 Å². The number of rotatable bonds is 7. The van der Waals surface area contributed by atoms with E-state index in [1.165, 1.54) is 55.8 Å². The minimum absolute atomic E-state index is 0.00152. The van der Waals surface area contributed by atoms with Crippen LogP contribution in [0.4, 0.5) is 5.69 Å². The number of aryl methyl sites for hydroxylation is 2. The average Bonchev–Trinajstić information content (AvgIpc) is 3.19. The van der Waals surface area contributed by atoms with Crippen LogP contribution in [0.5, 0.6) is 0 Å². The summed E-state index contributed by atoms with van der Waals surface area (Å²) in [5.74, 6) is -1.49. The molecule has 13 nitrogen and oxygen atoms in total. The second-order valence-corrected chi connectivity index (χ2v) is 9.88. The molecule has 182 valence electrons. The SMILES string of the molecule is Cc1ccc(S(=O)(=O)N(C)C)cc1NC(=O)COC(=O)Cn1cnc2c1c(=O)n(C)c(=O)n2C. The quantitative estimate of drug-likeness (QED) is 0.419. The highest BCUT2D eigenvalue weighted by atomic mass is 32.2. The molecular weight excluding hydrogens is 468 g/mol. The van der Waals surface area contributed by atoms with Crippen LogP contribution in [0.2, 0.25) is 0 Å². The summed E-state index contributed by atoms with van der Waals surface area (Å²) >= 11 is 0. The van der Waals surface area contributed by atoms with Gasteiger partial charge in [0.15, 0.2) is 17.8 Å². The number of esters is 1. The number of aromatic nitrogens is 4. The van der Waals surface area contributed by atoms with Crippen LogP contribution >= 0.6 is 0 Å². The first-order valence-corrected chi connectivity index (χ1v) is 11.4. The normalized spacial score (nSPS) is 11.7. The number of sulfonamides is 1. The highest BCUT2D eigenvalue weighted by molar-refractivity contribution is 7.89. The summed E-state index contributed by atoms with van der Waals surface area (Å²) < 4.78 is 34.0. The van der Waals surface area contributed by atoms with E-state index in [1.54, 1.807) is 13.0 Å². The second kappa shape index (κ2) is 9.23. The van der Waals surface area contributed by atoms with Gasteiger partial charge in [-0.1, -0.05) is 6.07 Å². The summed E-state index contributed by atoms with van der Waals surface area (Å²) in [6.07, 6.45) is 1.23. The molecule has 0 spiro atoms. The van der Waals surface area contributed by atoms with Crippen molar-refractivity contribution in [2.45, 2.75) is 18.4 Å². The summed E-state index contributed by atoms with van der Waals surface area (Å²) in [6, 6.07) is 4.30. The van der Waals surface area contributed by atoms with Crippen LogP contribution in [-0.2, 0) is 45.0 Å². The summed E-state index contributed by atoms with van der Waals surface area (Å²) in [6.45, 7) is 0.643. The molecule has 0 saturated heterocycles. The van der Waals surface area contributed by atoms with Crippen LogP contribution in [0, 0.1) is 6.92 Å². The van der Waals surface area contributed by atoms with Gasteiger partial charge in [-0.25, -0.2) is 22.5 Å². The van der Waals surface area contributed by atoms with Gasteiger partial charge in [-0.2, -0.15) is 0 Å². The van der Waals surface area contributed by atoms with Gasteiger partial charge in [-0.15, -0.1) is 0 Å². The van der Waals surface area contributed by atoms with E-state index < -0.39 is 46.3 Å². The number of fused-ring (bicyclic) bond motifs is 1. The third-order valence-corrected chi connectivity index (χ3v) is 6.95. The van der Waals surface area contributed by atoms with E-state index in [1.807, 2.05) is 0 Å². The number of ether oxygens (including phenoxy) is 1. The molecule has 0 saturated carbocycles. The van der Waals surface area contributed by atoms with Gasteiger partial charge < -0.3 is 14.6 Å². The molecule has 0 aliphatic carbocycles. The first kappa shape index (κ1) is 24.9. The fourth-order valence-corrected chi connectivity index (χ4v) is 4.07. The largest absolute Gasteiger partial charge is 0.454 e. The van der Waals surface area contributed by atoms with Gasteiger partial charge in [-0.05, 0) is 24.6 Å². The average molecular weight is 493 g/mol. The molecule has 0 aliphatic heterocycles.